The van der Waals surface area contributed by atoms with Crippen molar-refractivity contribution < 1.29 is 4.79 Å². The van der Waals surface area contributed by atoms with Crippen LogP contribution in [0.25, 0.3) is 0 Å². The van der Waals surface area contributed by atoms with Gasteiger partial charge in [0.15, 0.2) is 5.69 Å². The summed E-state index contributed by atoms with van der Waals surface area (Å²) in [7, 11) is 0. The van der Waals surface area contributed by atoms with Gasteiger partial charge >= 0.3 is 0 Å². The maximum atomic E-state index is 10.8. The summed E-state index contributed by atoms with van der Waals surface area (Å²) in [5.41, 5.74) is 10.8. The lowest BCUT2D eigenvalue weighted by Crippen LogP contribution is -2.29. The first kappa shape index (κ1) is 12.4. The van der Waals surface area contributed by atoms with Gasteiger partial charge in [0.1, 0.15) is 5.82 Å². The molecular weight excluding hydrogens is 206 g/mol. The average Bonchev–Trinajstić information content (AvgIpc) is 2.29. The van der Waals surface area contributed by atoms with Gasteiger partial charge < -0.3 is 16.8 Å². The molecule has 1 aromatic rings. The SMILES string of the molecule is CCCC(CN)Nc1ccc(C(N)=O)nn1. The van der Waals surface area contributed by atoms with Gasteiger partial charge in [0, 0.05) is 12.6 Å². The number of carbonyl (C=O) groups excluding carboxylic acids is 1. The molecule has 0 aliphatic rings. The molecule has 0 radical (unpaired) electrons. The van der Waals surface area contributed by atoms with E-state index in [-0.39, 0.29) is 11.7 Å². The smallest absolute Gasteiger partial charge is 0.269 e. The summed E-state index contributed by atoms with van der Waals surface area (Å²) >= 11 is 0. The molecular formula is C10H17N5O. The minimum absolute atomic E-state index is 0.158. The van der Waals surface area contributed by atoms with E-state index in [1.54, 1.807) is 6.07 Å². The molecule has 0 spiro atoms. The Labute approximate surface area is 94.4 Å². The summed E-state index contributed by atoms with van der Waals surface area (Å²) in [6.07, 6.45) is 2.01. The van der Waals surface area contributed by atoms with Crippen molar-refractivity contribution in [2.45, 2.75) is 25.8 Å². The van der Waals surface area contributed by atoms with E-state index < -0.39 is 5.91 Å². The van der Waals surface area contributed by atoms with E-state index in [9.17, 15) is 4.79 Å². The van der Waals surface area contributed by atoms with E-state index in [2.05, 4.69) is 22.4 Å². The number of hydrogen-bond donors (Lipinski definition) is 3. The van der Waals surface area contributed by atoms with Crippen LogP contribution in [0.3, 0.4) is 0 Å². The molecule has 0 bridgehead atoms. The Morgan fingerprint density at radius 1 is 1.50 bits per heavy atom. The summed E-state index contributed by atoms with van der Waals surface area (Å²) < 4.78 is 0. The first-order chi connectivity index (χ1) is 7.67. The van der Waals surface area contributed by atoms with Gasteiger partial charge in [-0.25, -0.2) is 0 Å². The lowest BCUT2D eigenvalue weighted by molar-refractivity contribution is 0.0994. The van der Waals surface area contributed by atoms with Gasteiger partial charge in [0.05, 0.1) is 0 Å². The predicted octanol–water partition coefficient (Wildman–Crippen LogP) is 0.115. The number of primary amides is 1. The Morgan fingerprint density at radius 2 is 2.25 bits per heavy atom. The Hall–Kier alpha value is -1.69. The highest BCUT2D eigenvalue weighted by molar-refractivity contribution is 5.90. The first-order valence-corrected chi connectivity index (χ1v) is 5.27. The Bertz CT molecular complexity index is 338. The van der Waals surface area contributed by atoms with Crippen LogP contribution in [0.2, 0.25) is 0 Å². The molecule has 0 aromatic carbocycles. The second-order valence-corrected chi connectivity index (χ2v) is 3.53. The second-order valence-electron chi connectivity index (χ2n) is 3.53. The summed E-state index contributed by atoms with van der Waals surface area (Å²) in [5.74, 6) is 0.0249. The predicted molar refractivity (Wildman–Crippen MR) is 61.9 cm³/mol. The van der Waals surface area contributed by atoms with Gasteiger partial charge in [0.2, 0.25) is 0 Å². The van der Waals surface area contributed by atoms with Gasteiger partial charge in [-0.05, 0) is 18.6 Å². The summed E-state index contributed by atoms with van der Waals surface area (Å²) in [6.45, 7) is 2.62. The van der Waals surface area contributed by atoms with Gasteiger partial charge in [0.25, 0.3) is 5.91 Å². The maximum absolute atomic E-state index is 10.8. The number of nitrogens with two attached hydrogens (primary N) is 2. The standard InChI is InChI=1S/C10H17N5O/c1-2-3-7(6-11)13-9-5-4-8(10(12)16)14-15-9/h4-5,7H,2-3,6,11H2,1H3,(H2,12,16)(H,13,15). The van der Waals surface area contributed by atoms with Crippen LogP contribution in [0.1, 0.15) is 30.3 Å². The van der Waals surface area contributed by atoms with E-state index in [0.717, 1.165) is 12.8 Å². The maximum Gasteiger partial charge on any atom is 0.269 e. The summed E-state index contributed by atoms with van der Waals surface area (Å²) in [4.78, 5) is 10.8. The Kier molecular flexibility index (Phi) is 4.65. The number of amides is 1. The molecule has 16 heavy (non-hydrogen) atoms. The fraction of sp³-hybridized carbons (Fsp3) is 0.500. The number of aromatic nitrogens is 2. The third-order valence-corrected chi connectivity index (χ3v) is 2.19. The van der Waals surface area contributed by atoms with Crippen LogP contribution < -0.4 is 16.8 Å². The van der Waals surface area contributed by atoms with E-state index in [0.29, 0.717) is 12.4 Å². The van der Waals surface area contributed by atoms with E-state index in [1.807, 2.05) is 0 Å². The summed E-state index contributed by atoms with van der Waals surface area (Å²) in [5, 5.41) is 10.7. The number of hydrogen-bond acceptors (Lipinski definition) is 5. The number of carbonyl (C=O) groups is 1. The number of nitrogens with zero attached hydrogens (tertiary/aromatic N) is 2. The monoisotopic (exact) mass is 223 g/mol. The molecule has 1 aromatic heterocycles. The van der Waals surface area contributed by atoms with Crippen molar-refractivity contribution in [3.05, 3.63) is 17.8 Å². The van der Waals surface area contributed by atoms with Crippen molar-refractivity contribution in [1.29, 1.82) is 0 Å². The van der Waals surface area contributed by atoms with Crippen molar-refractivity contribution >= 4 is 11.7 Å². The highest BCUT2D eigenvalue weighted by Gasteiger charge is 2.07. The Morgan fingerprint density at radius 3 is 2.69 bits per heavy atom. The van der Waals surface area contributed by atoms with Crippen LogP contribution in [0, 0.1) is 0 Å². The average molecular weight is 223 g/mol. The molecule has 0 fully saturated rings. The second kappa shape index (κ2) is 6.02. The zero-order chi connectivity index (χ0) is 12.0. The van der Waals surface area contributed by atoms with Crippen molar-refractivity contribution in [1.82, 2.24) is 10.2 Å². The number of anilines is 1. The molecule has 1 heterocycles. The molecule has 0 saturated carbocycles. The lowest BCUT2D eigenvalue weighted by atomic mass is 10.1. The molecule has 1 amide bonds. The van der Waals surface area contributed by atoms with E-state index >= 15 is 0 Å². The third-order valence-electron chi connectivity index (χ3n) is 2.19. The molecule has 6 nitrogen and oxygen atoms in total. The quantitative estimate of drug-likeness (QED) is 0.634. The molecule has 1 unspecified atom stereocenters. The van der Waals surface area contributed by atoms with Crippen LogP contribution in [0.5, 0.6) is 0 Å². The van der Waals surface area contributed by atoms with Crippen molar-refractivity contribution in [3.63, 3.8) is 0 Å². The third kappa shape index (κ3) is 3.47. The number of rotatable bonds is 6. The van der Waals surface area contributed by atoms with Crippen LogP contribution in [0.4, 0.5) is 5.82 Å². The van der Waals surface area contributed by atoms with E-state index in [4.69, 9.17) is 11.5 Å². The highest BCUT2D eigenvalue weighted by Crippen LogP contribution is 2.06. The molecule has 5 N–H and O–H groups in total. The molecule has 6 heteroatoms. The van der Waals surface area contributed by atoms with Crippen LogP contribution in [0.15, 0.2) is 12.1 Å². The zero-order valence-corrected chi connectivity index (χ0v) is 9.31. The molecule has 1 atom stereocenters. The first-order valence-electron chi connectivity index (χ1n) is 5.27. The highest BCUT2D eigenvalue weighted by atomic mass is 16.1. The number of nitrogens with one attached hydrogen (secondary N) is 1. The van der Waals surface area contributed by atoms with Crippen molar-refractivity contribution in [3.8, 4) is 0 Å². The summed E-state index contributed by atoms with van der Waals surface area (Å²) in [6, 6.07) is 3.39. The lowest BCUT2D eigenvalue weighted by Gasteiger charge is -2.15. The fourth-order valence-electron chi connectivity index (χ4n) is 1.35. The Balaban J connectivity index is 2.63. The minimum Gasteiger partial charge on any atom is -0.365 e. The molecule has 0 aliphatic carbocycles. The van der Waals surface area contributed by atoms with Crippen molar-refractivity contribution in [2.75, 3.05) is 11.9 Å². The zero-order valence-electron chi connectivity index (χ0n) is 9.31. The molecule has 0 aliphatic heterocycles. The molecule has 0 saturated heterocycles. The largest absolute Gasteiger partial charge is 0.365 e. The molecule has 88 valence electrons. The van der Waals surface area contributed by atoms with E-state index in [1.165, 1.54) is 6.07 Å². The fourth-order valence-corrected chi connectivity index (χ4v) is 1.35. The van der Waals surface area contributed by atoms with Crippen molar-refractivity contribution in [2.24, 2.45) is 11.5 Å². The van der Waals surface area contributed by atoms with Gasteiger partial charge in [-0.15, -0.1) is 10.2 Å². The van der Waals surface area contributed by atoms with Gasteiger partial charge in [-0.1, -0.05) is 13.3 Å². The van der Waals surface area contributed by atoms with Crippen LogP contribution in [-0.2, 0) is 0 Å². The minimum atomic E-state index is -0.581. The molecule has 1 rings (SSSR count). The van der Waals surface area contributed by atoms with Crippen LogP contribution in [-0.4, -0.2) is 28.7 Å². The topological polar surface area (TPSA) is 107 Å². The normalized spacial score (nSPS) is 12.1. The van der Waals surface area contributed by atoms with Crippen LogP contribution >= 0.6 is 0 Å². The van der Waals surface area contributed by atoms with Gasteiger partial charge in [-0.3, -0.25) is 4.79 Å². The van der Waals surface area contributed by atoms with Gasteiger partial charge in [-0.2, -0.15) is 0 Å².